The number of hydrogen-bond acceptors (Lipinski definition) is 8. The van der Waals surface area contributed by atoms with Crippen molar-refractivity contribution >= 4 is 52.3 Å². The molecule has 2 aliphatic rings. The molecule has 200 valence electrons. The summed E-state index contributed by atoms with van der Waals surface area (Å²) in [6.07, 6.45) is 3.95. The zero-order valence-corrected chi connectivity index (χ0v) is 22.8. The van der Waals surface area contributed by atoms with Gasteiger partial charge in [-0.3, -0.25) is 9.59 Å². The number of aliphatic hydroxyl groups excluding tert-OH is 1. The lowest BCUT2D eigenvalue weighted by atomic mass is 10.1. The van der Waals surface area contributed by atoms with E-state index >= 15 is 0 Å². The van der Waals surface area contributed by atoms with E-state index in [1.807, 2.05) is 0 Å². The van der Waals surface area contributed by atoms with Crippen molar-refractivity contribution in [1.29, 1.82) is 0 Å². The molecule has 0 saturated carbocycles. The number of fused-ring (bicyclic) bond motifs is 1. The van der Waals surface area contributed by atoms with Crippen LogP contribution in [0.15, 0.2) is 36.5 Å². The van der Waals surface area contributed by atoms with E-state index in [-0.39, 0.29) is 31.0 Å². The summed E-state index contributed by atoms with van der Waals surface area (Å²) in [5, 5.41) is 16.8. The number of carbonyl (C=O) groups excluding carboxylic acids is 2. The molecule has 0 spiro atoms. The molecular formula is C26H27Cl2N5O4S. The number of nitrogens with one attached hydrogen (secondary N) is 2. The van der Waals surface area contributed by atoms with Crippen LogP contribution in [0.2, 0.25) is 10.0 Å². The Hall–Kier alpha value is -2.76. The molecule has 0 unspecified atom stereocenters. The maximum Gasteiger partial charge on any atom is 0.255 e. The monoisotopic (exact) mass is 575 g/mol. The SMILES string of the molecule is O=C(CN1CCc2sc(-c3nc(NC4CCOCC4)ncc3Cl)cc2C1=O)N[C@H](CO)c1cccc(Cl)c1. The molecule has 1 fully saturated rings. The Morgan fingerprint density at radius 1 is 1.26 bits per heavy atom. The molecule has 2 amide bonds. The molecule has 1 aromatic carbocycles. The van der Waals surface area contributed by atoms with Crippen molar-refractivity contribution in [3.8, 4) is 10.6 Å². The molecule has 3 aromatic rings. The van der Waals surface area contributed by atoms with Crippen LogP contribution in [0, 0.1) is 0 Å². The molecule has 3 N–H and O–H groups in total. The third kappa shape index (κ3) is 6.10. The minimum absolute atomic E-state index is 0.117. The highest BCUT2D eigenvalue weighted by Crippen LogP contribution is 2.37. The minimum atomic E-state index is -0.617. The van der Waals surface area contributed by atoms with Crippen LogP contribution in [-0.2, 0) is 16.0 Å². The number of halogens is 2. The van der Waals surface area contributed by atoms with E-state index in [4.69, 9.17) is 27.9 Å². The minimum Gasteiger partial charge on any atom is -0.394 e. The summed E-state index contributed by atoms with van der Waals surface area (Å²) in [5.74, 6) is -0.0951. The number of hydrogen-bond donors (Lipinski definition) is 3. The van der Waals surface area contributed by atoms with E-state index in [1.54, 1.807) is 36.5 Å². The van der Waals surface area contributed by atoms with Gasteiger partial charge in [-0.25, -0.2) is 9.97 Å². The van der Waals surface area contributed by atoms with Gasteiger partial charge in [0, 0.05) is 42.1 Å². The number of amides is 2. The molecule has 38 heavy (non-hydrogen) atoms. The largest absolute Gasteiger partial charge is 0.394 e. The fourth-order valence-corrected chi connectivity index (χ4v) is 6.17. The van der Waals surface area contributed by atoms with Gasteiger partial charge >= 0.3 is 0 Å². The molecule has 2 aliphatic heterocycles. The zero-order valence-electron chi connectivity index (χ0n) is 20.5. The summed E-state index contributed by atoms with van der Waals surface area (Å²) < 4.78 is 5.41. The van der Waals surface area contributed by atoms with Crippen molar-refractivity contribution in [2.45, 2.75) is 31.3 Å². The van der Waals surface area contributed by atoms with Crippen molar-refractivity contribution in [3.63, 3.8) is 0 Å². The van der Waals surface area contributed by atoms with Gasteiger partial charge in [-0.2, -0.15) is 0 Å². The number of anilines is 1. The Bertz CT molecular complexity index is 1330. The predicted molar refractivity (Wildman–Crippen MR) is 147 cm³/mol. The number of rotatable bonds is 8. The second-order valence-corrected chi connectivity index (χ2v) is 11.2. The summed E-state index contributed by atoms with van der Waals surface area (Å²) in [6.45, 7) is 1.41. The van der Waals surface area contributed by atoms with E-state index in [1.165, 1.54) is 16.2 Å². The van der Waals surface area contributed by atoms with Gasteiger partial charge in [0.25, 0.3) is 5.91 Å². The van der Waals surface area contributed by atoms with Crippen molar-refractivity contribution in [2.75, 3.05) is 38.2 Å². The second-order valence-electron chi connectivity index (χ2n) is 9.20. The van der Waals surface area contributed by atoms with E-state index in [9.17, 15) is 14.7 Å². The van der Waals surface area contributed by atoms with Crippen molar-refractivity contribution in [2.24, 2.45) is 0 Å². The van der Waals surface area contributed by atoms with Gasteiger partial charge < -0.3 is 25.4 Å². The van der Waals surface area contributed by atoms with E-state index in [0.29, 0.717) is 59.0 Å². The Kier molecular flexibility index (Phi) is 8.45. The van der Waals surface area contributed by atoms with Gasteiger partial charge in [-0.1, -0.05) is 35.3 Å². The maximum absolute atomic E-state index is 13.3. The highest BCUT2D eigenvalue weighted by molar-refractivity contribution is 7.16. The third-order valence-corrected chi connectivity index (χ3v) is 8.28. The fraction of sp³-hybridized carbons (Fsp3) is 0.385. The lowest BCUT2D eigenvalue weighted by Gasteiger charge is -2.27. The Morgan fingerprint density at radius 3 is 2.84 bits per heavy atom. The van der Waals surface area contributed by atoms with Crippen LogP contribution in [0.1, 0.15) is 39.7 Å². The van der Waals surface area contributed by atoms with Crippen LogP contribution in [0.25, 0.3) is 10.6 Å². The quantitative estimate of drug-likeness (QED) is 0.372. The first-order valence-electron chi connectivity index (χ1n) is 12.4. The number of nitrogens with zero attached hydrogens (tertiary/aromatic N) is 3. The van der Waals surface area contributed by atoms with Gasteiger partial charge in [0.1, 0.15) is 5.69 Å². The van der Waals surface area contributed by atoms with Gasteiger partial charge in [-0.15, -0.1) is 11.3 Å². The molecular weight excluding hydrogens is 549 g/mol. The molecule has 0 radical (unpaired) electrons. The number of thiophene rings is 1. The van der Waals surface area contributed by atoms with Crippen LogP contribution in [0.4, 0.5) is 5.95 Å². The van der Waals surface area contributed by atoms with E-state index in [2.05, 4.69) is 20.6 Å². The van der Waals surface area contributed by atoms with Crippen molar-refractivity contribution in [3.05, 3.63) is 62.6 Å². The normalized spacial score (nSPS) is 16.7. The molecule has 1 saturated heterocycles. The van der Waals surface area contributed by atoms with E-state index < -0.39 is 6.04 Å². The van der Waals surface area contributed by atoms with Gasteiger partial charge in [0.05, 0.1) is 40.9 Å². The highest BCUT2D eigenvalue weighted by Gasteiger charge is 2.30. The third-order valence-electron chi connectivity index (χ3n) is 6.57. The predicted octanol–water partition coefficient (Wildman–Crippen LogP) is 3.95. The molecule has 4 heterocycles. The lowest BCUT2D eigenvalue weighted by Crippen LogP contribution is -2.45. The molecule has 9 nitrogen and oxygen atoms in total. The Morgan fingerprint density at radius 2 is 2.08 bits per heavy atom. The number of aromatic nitrogens is 2. The topological polar surface area (TPSA) is 117 Å². The van der Waals surface area contributed by atoms with Gasteiger partial charge in [0.2, 0.25) is 11.9 Å². The Labute approximate surface area is 234 Å². The summed E-state index contributed by atoms with van der Waals surface area (Å²) in [4.78, 5) is 38.2. The molecule has 5 rings (SSSR count). The van der Waals surface area contributed by atoms with Crippen LogP contribution < -0.4 is 10.6 Å². The molecule has 1 atom stereocenters. The first-order valence-corrected chi connectivity index (χ1v) is 13.9. The van der Waals surface area contributed by atoms with Crippen LogP contribution in [0.3, 0.4) is 0 Å². The fourth-order valence-electron chi connectivity index (χ4n) is 4.58. The number of ether oxygens (including phenoxy) is 1. The standard InChI is InChI=1S/C26H27Cl2N5O4S/c27-16-3-1-2-15(10-16)20(14-34)31-23(35)13-33-7-4-21-18(25(33)36)11-22(38-21)24-19(28)12-29-26(32-24)30-17-5-8-37-9-6-17/h1-3,10-12,17,20,34H,4-9,13-14H2,(H,31,35)(H,29,30,32)/t20-/m1/s1. The summed E-state index contributed by atoms with van der Waals surface area (Å²) in [6, 6.07) is 8.36. The molecule has 0 bridgehead atoms. The maximum atomic E-state index is 13.3. The number of carbonyl (C=O) groups is 2. The average Bonchev–Trinajstić information content (AvgIpc) is 3.36. The summed E-state index contributed by atoms with van der Waals surface area (Å²) >= 11 is 14.0. The van der Waals surface area contributed by atoms with Crippen LogP contribution in [0.5, 0.6) is 0 Å². The first kappa shape index (κ1) is 26.8. The average molecular weight is 577 g/mol. The molecule has 2 aromatic heterocycles. The number of aliphatic hydroxyl groups is 1. The summed E-state index contributed by atoms with van der Waals surface area (Å²) in [7, 11) is 0. The van der Waals surface area contributed by atoms with Crippen LogP contribution in [-0.4, -0.2) is 70.7 Å². The Balaban J connectivity index is 1.27. The summed E-state index contributed by atoms with van der Waals surface area (Å²) in [5.41, 5.74) is 1.81. The smallest absolute Gasteiger partial charge is 0.255 e. The van der Waals surface area contributed by atoms with Gasteiger partial charge in [-0.05, 0) is 36.6 Å². The van der Waals surface area contributed by atoms with Crippen molar-refractivity contribution in [1.82, 2.24) is 20.2 Å². The van der Waals surface area contributed by atoms with E-state index in [0.717, 1.165) is 22.6 Å². The van der Waals surface area contributed by atoms with Crippen molar-refractivity contribution < 1.29 is 19.4 Å². The van der Waals surface area contributed by atoms with Gasteiger partial charge in [0.15, 0.2) is 0 Å². The first-order chi connectivity index (χ1) is 18.4. The highest BCUT2D eigenvalue weighted by atomic mass is 35.5. The second kappa shape index (κ2) is 12.0. The van der Waals surface area contributed by atoms with Crippen LogP contribution >= 0.6 is 34.5 Å². The lowest BCUT2D eigenvalue weighted by molar-refractivity contribution is -0.122. The molecule has 0 aliphatic carbocycles. The molecule has 12 heteroatoms. The number of benzene rings is 1. The zero-order chi connectivity index (χ0) is 26.6.